The molecule has 1 aromatic rings. The first kappa shape index (κ1) is 11.2. The molecule has 86 valence electrons. The fourth-order valence-electron chi connectivity index (χ4n) is 1.69. The molecule has 2 rings (SSSR count). The van der Waals surface area contributed by atoms with Crippen LogP contribution in [0.15, 0.2) is 18.2 Å². The normalized spacial score (nSPS) is 16.4. The van der Waals surface area contributed by atoms with Crippen molar-refractivity contribution >= 4 is 23.2 Å². The smallest absolute Gasteiger partial charge is 0.241 e. The van der Waals surface area contributed by atoms with Crippen LogP contribution in [0.1, 0.15) is 0 Å². The molecule has 0 saturated carbocycles. The van der Waals surface area contributed by atoms with E-state index < -0.39 is 0 Å². The number of hydrogen-bond donors (Lipinski definition) is 1. The number of methoxy groups -OCH3 is 1. The van der Waals surface area contributed by atoms with Crippen molar-refractivity contribution in [2.75, 3.05) is 31.6 Å². The molecule has 0 aliphatic carbocycles. The molecular weight excluding hydrogens is 228 g/mol. The maximum Gasteiger partial charge on any atom is 0.241 e. The minimum atomic E-state index is 0.0401. The van der Waals surface area contributed by atoms with Crippen molar-refractivity contribution in [2.45, 2.75) is 0 Å². The third-order valence-electron chi connectivity index (χ3n) is 2.54. The fourth-order valence-corrected chi connectivity index (χ4v) is 1.97. The van der Waals surface area contributed by atoms with Crippen LogP contribution in [0.3, 0.4) is 0 Å². The van der Waals surface area contributed by atoms with Gasteiger partial charge in [0.25, 0.3) is 0 Å². The predicted molar refractivity (Wildman–Crippen MR) is 63.2 cm³/mol. The number of piperazine rings is 1. The summed E-state index contributed by atoms with van der Waals surface area (Å²) in [5, 5.41) is 3.55. The number of carbonyl (C=O) groups is 1. The number of hydrogen-bond acceptors (Lipinski definition) is 3. The van der Waals surface area contributed by atoms with E-state index in [2.05, 4.69) is 5.32 Å². The maximum atomic E-state index is 11.7. The number of rotatable bonds is 2. The molecule has 1 heterocycles. The van der Waals surface area contributed by atoms with Gasteiger partial charge in [0.05, 0.1) is 24.4 Å². The maximum absolute atomic E-state index is 11.7. The van der Waals surface area contributed by atoms with Gasteiger partial charge in [0.2, 0.25) is 5.91 Å². The minimum Gasteiger partial charge on any atom is -0.497 e. The molecule has 1 saturated heterocycles. The highest BCUT2D eigenvalue weighted by molar-refractivity contribution is 6.34. The molecule has 0 spiro atoms. The van der Waals surface area contributed by atoms with Crippen molar-refractivity contribution in [2.24, 2.45) is 0 Å². The van der Waals surface area contributed by atoms with E-state index in [-0.39, 0.29) is 5.91 Å². The topological polar surface area (TPSA) is 41.6 Å². The lowest BCUT2D eigenvalue weighted by molar-refractivity contribution is -0.118. The number of carbonyl (C=O) groups excluding carboxylic acids is 1. The van der Waals surface area contributed by atoms with Crippen LogP contribution in [0.2, 0.25) is 5.02 Å². The largest absolute Gasteiger partial charge is 0.497 e. The lowest BCUT2D eigenvalue weighted by Crippen LogP contribution is -2.48. The van der Waals surface area contributed by atoms with E-state index in [0.29, 0.717) is 23.9 Å². The zero-order chi connectivity index (χ0) is 11.5. The Morgan fingerprint density at radius 1 is 1.50 bits per heavy atom. The lowest BCUT2D eigenvalue weighted by Gasteiger charge is -2.28. The Labute approximate surface area is 99.1 Å². The molecule has 1 aromatic carbocycles. The van der Waals surface area contributed by atoms with Gasteiger partial charge in [-0.2, -0.15) is 0 Å². The van der Waals surface area contributed by atoms with Gasteiger partial charge in [-0.1, -0.05) is 11.6 Å². The predicted octanol–water partition coefficient (Wildman–Crippen LogP) is 1.28. The first-order chi connectivity index (χ1) is 7.72. The Balaban J connectivity index is 2.28. The summed E-state index contributed by atoms with van der Waals surface area (Å²) in [6.07, 6.45) is 0. The highest BCUT2D eigenvalue weighted by Gasteiger charge is 2.21. The number of amides is 1. The molecule has 5 heteroatoms. The molecular formula is C11H13ClN2O2. The second kappa shape index (κ2) is 4.72. The molecule has 0 atom stereocenters. The zero-order valence-corrected chi connectivity index (χ0v) is 9.75. The van der Waals surface area contributed by atoms with Gasteiger partial charge >= 0.3 is 0 Å². The van der Waals surface area contributed by atoms with E-state index in [4.69, 9.17) is 16.3 Å². The van der Waals surface area contributed by atoms with Crippen LogP contribution in [-0.2, 0) is 4.79 Å². The molecule has 1 fully saturated rings. The van der Waals surface area contributed by atoms with Gasteiger partial charge in [0.1, 0.15) is 5.75 Å². The molecule has 1 aliphatic rings. The molecule has 1 N–H and O–H groups in total. The average Bonchev–Trinajstić information content (AvgIpc) is 2.30. The lowest BCUT2D eigenvalue weighted by atomic mass is 10.2. The summed E-state index contributed by atoms with van der Waals surface area (Å²) < 4.78 is 5.06. The SMILES string of the molecule is COc1ccc(N2CCNCC2=O)c(Cl)c1. The molecule has 0 bridgehead atoms. The molecule has 0 radical (unpaired) electrons. The van der Waals surface area contributed by atoms with E-state index in [1.54, 1.807) is 24.1 Å². The van der Waals surface area contributed by atoms with Crippen molar-refractivity contribution in [1.29, 1.82) is 0 Å². The van der Waals surface area contributed by atoms with Crippen molar-refractivity contribution < 1.29 is 9.53 Å². The standard InChI is InChI=1S/C11H13ClN2O2/c1-16-8-2-3-10(9(12)6-8)14-5-4-13-7-11(14)15/h2-3,6,13H,4-5,7H2,1H3. The zero-order valence-electron chi connectivity index (χ0n) is 9.00. The number of nitrogens with zero attached hydrogens (tertiary/aromatic N) is 1. The Morgan fingerprint density at radius 2 is 2.31 bits per heavy atom. The second-order valence-electron chi connectivity index (χ2n) is 3.54. The van der Waals surface area contributed by atoms with E-state index in [1.165, 1.54) is 0 Å². The molecule has 4 nitrogen and oxygen atoms in total. The first-order valence-electron chi connectivity index (χ1n) is 5.07. The van der Waals surface area contributed by atoms with Crippen molar-refractivity contribution in [3.05, 3.63) is 23.2 Å². The van der Waals surface area contributed by atoms with Crippen LogP contribution >= 0.6 is 11.6 Å². The van der Waals surface area contributed by atoms with Gasteiger partial charge in [-0.25, -0.2) is 0 Å². The third-order valence-corrected chi connectivity index (χ3v) is 2.84. The van der Waals surface area contributed by atoms with Crippen LogP contribution in [0, 0.1) is 0 Å². The summed E-state index contributed by atoms with van der Waals surface area (Å²) in [5.74, 6) is 0.731. The summed E-state index contributed by atoms with van der Waals surface area (Å²) in [5.41, 5.74) is 0.744. The van der Waals surface area contributed by atoms with Gasteiger partial charge < -0.3 is 15.0 Å². The van der Waals surface area contributed by atoms with Crippen molar-refractivity contribution in [1.82, 2.24) is 5.32 Å². The van der Waals surface area contributed by atoms with E-state index in [9.17, 15) is 4.79 Å². The van der Waals surface area contributed by atoms with E-state index in [0.717, 1.165) is 12.2 Å². The fraction of sp³-hybridized carbons (Fsp3) is 0.364. The van der Waals surface area contributed by atoms with E-state index >= 15 is 0 Å². The highest BCUT2D eigenvalue weighted by Crippen LogP contribution is 2.30. The minimum absolute atomic E-state index is 0.0401. The first-order valence-corrected chi connectivity index (χ1v) is 5.45. The van der Waals surface area contributed by atoms with E-state index in [1.807, 2.05) is 6.07 Å². The molecule has 1 amide bonds. The average molecular weight is 241 g/mol. The number of halogens is 1. The van der Waals surface area contributed by atoms with Gasteiger partial charge in [-0.3, -0.25) is 4.79 Å². The van der Waals surface area contributed by atoms with Crippen LogP contribution < -0.4 is 15.0 Å². The van der Waals surface area contributed by atoms with Crippen molar-refractivity contribution in [3.63, 3.8) is 0 Å². The van der Waals surface area contributed by atoms with Gasteiger partial charge in [0.15, 0.2) is 0 Å². The molecule has 16 heavy (non-hydrogen) atoms. The third kappa shape index (κ3) is 2.13. The van der Waals surface area contributed by atoms with Crippen LogP contribution in [-0.4, -0.2) is 32.7 Å². The number of nitrogens with one attached hydrogen (secondary N) is 1. The van der Waals surface area contributed by atoms with Crippen LogP contribution in [0.25, 0.3) is 0 Å². The van der Waals surface area contributed by atoms with Gasteiger partial charge in [-0.05, 0) is 12.1 Å². The Hall–Kier alpha value is -1.26. The Kier molecular flexibility index (Phi) is 3.31. The quantitative estimate of drug-likeness (QED) is 0.847. The van der Waals surface area contributed by atoms with Crippen LogP contribution in [0.5, 0.6) is 5.75 Å². The van der Waals surface area contributed by atoms with Gasteiger partial charge in [0, 0.05) is 19.2 Å². The second-order valence-corrected chi connectivity index (χ2v) is 3.95. The monoisotopic (exact) mass is 240 g/mol. The summed E-state index contributed by atoms with van der Waals surface area (Å²) in [6, 6.07) is 5.33. The molecule has 0 aromatic heterocycles. The summed E-state index contributed by atoms with van der Waals surface area (Å²) in [6.45, 7) is 1.79. The highest BCUT2D eigenvalue weighted by atomic mass is 35.5. The Bertz CT molecular complexity index is 409. The number of anilines is 1. The molecule has 1 aliphatic heterocycles. The van der Waals surface area contributed by atoms with Crippen molar-refractivity contribution in [3.8, 4) is 5.75 Å². The molecule has 0 unspecified atom stereocenters. The number of ether oxygens (including phenoxy) is 1. The van der Waals surface area contributed by atoms with Crippen LogP contribution in [0.4, 0.5) is 5.69 Å². The Morgan fingerprint density at radius 3 is 2.94 bits per heavy atom. The summed E-state index contributed by atoms with van der Waals surface area (Å²) >= 11 is 6.11. The number of benzene rings is 1. The summed E-state index contributed by atoms with van der Waals surface area (Å²) in [4.78, 5) is 13.4. The van der Waals surface area contributed by atoms with Gasteiger partial charge in [-0.15, -0.1) is 0 Å². The summed E-state index contributed by atoms with van der Waals surface area (Å²) in [7, 11) is 1.58.